The summed E-state index contributed by atoms with van der Waals surface area (Å²) in [4.78, 5) is 27.5. The Bertz CT molecular complexity index is 904. The Hall–Kier alpha value is -3.57. The summed E-state index contributed by atoms with van der Waals surface area (Å²) in [6.45, 7) is 0.557. The number of aromatic nitrogens is 1. The molecule has 30 heavy (non-hydrogen) atoms. The first-order chi connectivity index (χ1) is 14.4. The molecule has 7 N–H and O–H groups in total. The summed E-state index contributed by atoms with van der Waals surface area (Å²) in [5.74, 6) is 0.120. The molecule has 0 unspecified atom stereocenters. The number of hydrogen-bond acceptors (Lipinski definition) is 10. The first-order valence-electron chi connectivity index (χ1n) is 9.24. The third kappa shape index (κ3) is 6.79. The van der Waals surface area contributed by atoms with Gasteiger partial charge >= 0.3 is 6.16 Å². The van der Waals surface area contributed by atoms with Crippen molar-refractivity contribution in [1.82, 2.24) is 4.98 Å². The van der Waals surface area contributed by atoms with Crippen LogP contribution < -0.4 is 27.3 Å². The van der Waals surface area contributed by atoms with Crippen LogP contribution in [0.1, 0.15) is 19.3 Å². The number of carbonyl (C=O) groups is 2. The fourth-order valence-corrected chi connectivity index (χ4v) is 2.35. The van der Waals surface area contributed by atoms with E-state index in [-0.39, 0.29) is 29.0 Å². The summed E-state index contributed by atoms with van der Waals surface area (Å²) in [6, 6.07) is 8.94. The number of carbonyl (C=O) groups excluding carboxylic acids is 2. The minimum atomic E-state index is -0.875. The lowest BCUT2D eigenvalue weighted by atomic mass is 10.1. The normalized spacial score (nSPS) is 11.8. The maximum atomic E-state index is 12.1. The Labute approximate surface area is 173 Å². The van der Waals surface area contributed by atoms with E-state index in [9.17, 15) is 9.59 Å². The number of nitrogens with two attached hydrogens (primary N) is 3. The SMILES string of the molecule is COC(=O)Oc1ccccc1/N=N/c1ccc(NC(=O)[C@@H](N)CCCCN)nc1N. The number of nitrogens with one attached hydrogen (secondary N) is 1. The van der Waals surface area contributed by atoms with Crippen molar-refractivity contribution in [3.63, 3.8) is 0 Å². The van der Waals surface area contributed by atoms with Gasteiger partial charge in [-0.2, -0.15) is 0 Å². The highest BCUT2D eigenvalue weighted by Gasteiger charge is 2.14. The molecule has 0 spiro atoms. The molecule has 1 heterocycles. The van der Waals surface area contributed by atoms with Gasteiger partial charge in [0.25, 0.3) is 0 Å². The van der Waals surface area contributed by atoms with Gasteiger partial charge in [-0.15, -0.1) is 10.2 Å². The lowest BCUT2D eigenvalue weighted by Gasteiger charge is -2.12. The molecule has 1 amide bonds. The largest absolute Gasteiger partial charge is 0.513 e. The van der Waals surface area contributed by atoms with E-state index >= 15 is 0 Å². The highest BCUT2D eigenvalue weighted by Crippen LogP contribution is 2.30. The summed E-state index contributed by atoms with van der Waals surface area (Å²) in [6.07, 6.45) is 1.22. The van der Waals surface area contributed by atoms with Gasteiger partial charge in [0, 0.05) is 0 Å². The Kier molecular flexibility index (Phi) is 8.66. The van der Waals surface area contributed by atoms with Crippen LogP contribution in [0, 0.1) is 0 Å². The Morgan fingerprint density at radius 2 is 1.87 bits per heavy atom. The van der Waals surface area contributed by atoms with Gasteiger partial charge in [-0.3, -0.25) is 4.79 Å². The second-order valence-corrected chi connectivity index (χ2v) is 6.20. The van der Waals surface area contributed by atoms with Crippen molar-refractivity contribution in [2.75, 3.05) is 24.7 Å². The van der Waals surface area contributed by atoms with Crippen LogP contribution in [0.5, 0.6) is 5.75 Å². The van der Waals surface area contributed by atoms with E-state index in [2.05, 4.69) is 25.3 Å². The first kappa shape index (κ1) is 22.7. The molecule has 0 saturated carbocycles. The predicted molar refractivity (Wildman–Crippen MR) is 112 cm³/mol. The number of nitrogen functional groups attached to an aromatic ring is 1. The molecule has 2 rings (SSSR count). The third-order valence-corrected chi connectivity index (χ3v) is 3.95. The van der Waals surface area contributed by atoms with Gasteiger partial charge in [-0.05, 0) is 43.7 Å². The number of nitrogens with zero attached hydrogens (tertiary/aromatic N) is 3. The molecular weight excluding hydrogens is 390 g/mol. The van der Waals surface area contributed by atoms with Crippen LogP contribution in [-0.4, -0.2) is 36.7 Å². The molecule has 1 aromatic carbocycles. The van der Waals surface area contributed by atoms with Crippen LogP contribution in [0.3, 0.4) is 0 Å². The molecule has 1 atom stereocenters. The fourth-order valence-electron chi connectivity index (χ4n) is 2.35. The molecule has 0 saturated heterocycles. The van der Waals surface area contributed by atoms with Crippen molar-refractivity contribution in [1.29, 1.82) is 0 Å². The Morgan fingerprint density at radius 3 is 2.57 bits per heavy atom. The van der Waals surface area contributed by atoms with Crippen molar-refractivity contribution in [2.24, 2.45) is 21.7 Å². The molecule has 11 nitrogen and oxygen atoms in total. The molecule has 0 radical (unpaired) electrons. The summed E-state index contributed by atoms with van der Waals surface area (Å²) in [5, 5.41) is 10.7. The van der Waals surface area contributed by atoms with E-state index in [4.69, 9.17) is 21.9 Å². The lowest BCUT2D eigenvalue weighted by Crippen LogP contribution is -2.35. The smallest absolute Gasteiger partial charge is 0.437 e. The van der Waals surface area contributed by atoms with Crippen molar-refractivity contribution in [3.05, 3.63) is 36.4 Å². The maximum Gasteiger partial charge on any atom is 0.513 e. The van der Waals surface area contributed by atoms with Crippen LogP contribution in [0.2, 0.25) is 0 Å². The number of amides is 1. The molecule has 160 valence electrons. The van der Waals surface area contributed by atoms with Gasteiger partial charge in [0.15, 0.2) is 11.6 Å². The number of ether oxygens (including phenoxy) is 2. The van der Waals surface area contributed by atoms with Gasteiger partial charge in [-0.1, -0.05) is 18.6 Å². The second kappa shape index (κ2) is 11.4. The number of hydrogen-bond donors (Lipinski definition) is 4. The van der Waals surface area contributed by atoms with Crippen molar-refractivity contribution in [2.45, 2.75) is 25.3 Å². The van der Waals surface area contributed by atoms with Gasteiger partial charge in [0.2, 0.25) is 5.91 Å². The summed E-state index contributed by atoms with van der Waals surface area (Å²) in [7, 11) is 1.20. The van der Waals surface area contributed by atoms with Gasteiger partial charge in [0.05, 0.1) is 13.2 Å². The summed E-state index contributed by atoms with van der Waals surface area (Å²) < 4.78 is 9.47. The van der Waals surface area contributed by atoms with Gasteiger partial charge in [-0.25, -0.2) is 9.78 Å². The number of azo groups is 1. The molecule has 1 aromatic heterocycles. The van der Waals surface area contributed by atoms with Crippen molar-refractivity contribution < 1.29 is 19.1 Å². The van der Waals surface area contributed by atoms with E-state index in [1.54, 1.807) is 30.3 Å². The minimum Gasteiger partial charge on any atom is -0.437 e. The molecule has 11 heteroatoms. The minimum absolute atomic E-state index is 0.0552. The van der Waals surface area contributed by atoms with E-state index in [1.807, 2.05) is 0 Å². The number of rotatable bonds is 9. The highest BCUT2D eigenvalue weighted by atomic mass is 16.7. The van der Waals surface area contributed by atoms with Crippen LogP contribution in [0.4, 0.5) is 27.8 Å². The number of unbranched alkanes of at least 4 members (excludes halogenated alkanes) is 1. The Morgan fingerprint density at radius 1 is 1.13 bits per heavy atom. The van der Waals surface area contributed by atoms with Crippen LogP contribution in [-0.2, 0) is 9.53 Å². The quantitative estimate of drug-likeness (QED) is 0.209. The second-order valence-electron chi connectivity index (χ2n) is 6.20. The van der Waals surface area contributed by atoms with Gasteiger partial charge in [0.1, 0.15) is 17.2 Å². The number of methoxy groups -OCH3 is 1. The molecule has 2 aromatic rings. The zero-order valence-corrected chi connectivity index (χ0v) is 16.6. The Balaban J connectivity index is 2.06. The fraction of sp³-hybridized carbons (Fsp3) is 0.316. The number of para-hydroxylation sites is 1. The van der Waals surface area contributed by atoms with Gasteiger partial charge < -0.3 is 32.0 Å². The molecule has 0 aliphatic heterocycles. The molecular formula is C19H25N7O4. The average Bonchev–Trinajstić information content (AvgIpc) is 2.74. The zero-order valence-electron chi connectivity index (χ0n) is 16.6. The van der Waals surface area contributed by atoms with E-state index in [1.165, 1.54) is 13.2 Å². The van der Waals surface area contributed by atoms with Crippen LogP contribution in [0.25, 0.3) is 0 Å². The number of anilines is 2. The molecule has 0 bridgehead atoms. The van der Waals surface area contributed by atoms with E-state index in [0.29, 0.717) is 18.7 Å². The standard InChI is InChI=1S/C19H25N7O4/c1-29-19(28)30-15-8-3-2-7-13(15)25-26-14-9-10-16(23-17(14)22)24-18(27)12(21)6-4-5-11-20/h2-3,7-10,12H,4-6,11,20-21H2,1H3,(H3,22,23,24,27)/b26-25+/t12-/m0/s1. The topological polar surface area (TPSA) is 180 Å². The van der Waals surface area contributed by atoms with Crippen molar-refractivity contribution >= 4 is 35.1 Å². The maximum absolute atomic E-state index is 12.1. The zero-order chi connectivity index (χ0) is 21.9. The van der Waals surface area contributed by atoms with Crippen LogP contribution >= 0.6 is 0 Å². The lowest BCUT2D eigenvalue weighted by molar-refractivity contribution is -0.117. The summed E-state index contributed by atoms with van der Waals surface area (Å²) >= 11 is 0. The third-order valence-electron chi connectivity index (χ3n) is 3.95. The van der Waals surface area contributed by atoms with Crippen molar-refractivity contribution in [3.8, 4) is 5.75 Å². The number of benzene rings is 1. The molecule has 0 aliphatic rings. The molecule has 0 aliphatic carbocycles. The monoisotopic (exact) mass is 415 g/mol. The van der Waals surface area contributed by atoms with E-state index < -0.39 is 12.2 Å². The average molecular weight is 415 g/mol. The predicted octanol–water partition coefficient (Wildman–Crippen LogP) is 2.62. The summed E-state index contributed by atoms with van der Waals surface area (Å²) in [5.41, 5.74) is 17.8. The molecule has 0 fully saturated rings. The van der Waals surface area contributed by atoms with E-state index in [0.717, 1.165) is 12.8 Å². The first-order valence-corrected chi connectivity index (χ1v) is 9.24. The highest BCUT2D eigenvalue weighted by molar-refractivity contribution is 5.94. The van der Waals surface area contributed by atoms with Crippen LogP contribution in [0.15, 0.2) is 46.6 Å². The number of pyridine rings is 1.